The SMILES string of the molecule is C=CC(=O)N1CC2(CCN(c3nc(Nc4cnn(C)c4)ncc3-c3ccc(Oc4nccc(C)n4)c(F)c3)CC2)C1. The van der Waals surface area contributed by atoms with Gasteiger partial charge in [0.1, 0.15) is 5.82 Å². The van der Waals surface area contributed by atoms with E-state index in [0.717, 1.165) is 50.4 Å². The third-order valence-electron chi connectivity index (χ3n) is 7.61. The van der Waals surface area contributed by atoms with Crippen LogP contribution in [0, 0.1) is 18.2 Å². The molecule has 0 saturated carbocycles. The fraction of sp³-hybridized carbons (Fsp3) is 0.310. The number of nitrogens with zero attached hydrogens (tertiary/aromatic N) is 8. The van der Waals surface area contributed by atoms with Crippen LogP contribution in [0.5, 0.6) is 11.8 Å². The number of hydrogen-bond acceptors (Lipinski definition) is 9. The number of piperidine rings is 1. The Labute approximate surface area is 236 Å². The second kappa shape index (κ2) is 10.6. The Morgan fingerprint density at radius 2 is 1.95 bits per heavy atom. The molecule has 0 atom stereocenters. The van der Waals surface area contributed by atoms with Gasteiger partial charge < -0.3 is 19.9 Å². The van der Waals surface area contributed by atoms with E-state index in [1.807, 2.05) is 25.1 Å². The van der Waals surface area contributed by atoms with Crippen molar-refractivity contribution in [3.8, 4) is 22.9 Å². The maximum atomic E-state index is 15.3. The Balaban J connectivity index is 1.27. The van der Waals surface area contributed by atoms with Crippen molar-refractivity contribution in [1.29, 1.82) is 0 Å². The van der Waals surface area contributed by atoms with Crippen molar-refractivity contribution in [3.05, 3.63) is 73.2 Å². The monoisotopic (exact) mass is 555 g/mol. The van der Waals surface area contributed by atoms with Crippen molar-refractivity contribution in [2.45, 2.75) is 19.8 Å². The van der Waals surface area contributed by atoms with Crippen molar-refractivity contribution in [3.63, 3.8) is 0 Å². The summed E-state index contributed by atoms with van der Waals surface area (Å²) in [6, 6.07) is 6.58. The van der Waals surface area contributed by atoms with Crippen molar-refractivity contribution in [2.24, 2.45) is 12.5 Å². The summed E-state index contributed by atoms with van der Waals surface area (Å²) in [7, 11) is 1.83. The number of amides is 1. The van der Waals surface area contributed by atoms with Crippen LogP contribution >= 0.6 is 0 Å². The van der Waals surface area contributed by atoms with Gasteiger partial charge in [0.2, 0.25) is 11.9 Å². The van der Waals surface area contributed by atoms with Crippen LogP contribution in [0.3, 0.4) is 0 Å². The molecular weight excluding hydrogens is 525 g/mol. The van der Waals surface area contributed by atoms with Gasteiger partial charge in [-0.25, -0.2) is 19.3 Å². The topological polar surface area (TPSA) is 114 Å². The van der Waals surface area contributed by atoms with E-state index in [4.69, 9.17) is 9.72 Å². The summed E-state index contributed by atoms with van der Waals surface area (Å²) >= 11 is 0. The molecule has 6 rings (SSSR count). The van der Waals surface area contributed by atoms with Crippen LogP contribution in [0.1, 0.15) is 18.5 Å². The highest BCUT2D eigenvalue weighted by Crippen LogP contribution is 2.43. The van der Waals surface area contributed by atoms with Crippen molar-refractivity contribution < 1.29 is 13.9 Å². The molecule has 0 unspecified atom stereocenters. The highest BCUT2D eigenvalue weighted by atomic mass is 19.1. The number of anilines is 3. The number of nitrogens with one attached hydrogen (secondary N) is 1. The molecule has 41 heavy (non-hydrogen) atoms. The highest BCUT2D eigenvalue weighted by molar-refractivity contribution is 5.87. The van der Waals surface area contributed by atoms with Crippen LogP contribution in [0.2, 0.25) is 0 Å². The molecule has 11 nitrogen and oxygen atoms in total. The first-order valence-electron chi connectivity index (χ1n) is 13.4. The normalized spacial score (nSPS) is 15.9. The van der Waals surface area contributed by atoms with E-state index in [2.05, 4.69) is 36.8 Å². The van der Waals surface area contributed by atoms with Crippen LogP contribution in [0.4, 0.5) is 21.8 Å². The Bertz CT molecular complexity index is 1610. The summed E-state index contributed by atoms with van der Waals surface area (Å²) in [5.74, 6) is 0.580. The minimum atomic E-state index is -0.546. The zero-order chi connectivity index (χ0) is 28.6. The molecule has 3 aromatic heterocycles. The molecule has 2 fully saturated rings. The van der Waals surface area contributed by atoms with Gasteiger partial charge in [0.05, 0.1) is 11.9 Å². The summed E-state index contributed by atoms with van der Waals surface area (Å²) in [5.41, 5.74) is 2.92. The van der Waals surface area contributed by atoms with Crippen molar-refractivity contribution in [2.75, 3.05) is 36.4 Å². The molecular formula is C29H30FN9O2. The molecule has 0 aliphatic carbocycles. The van der Waals surface area contributed by atoms with Gasteiger partial charge in [-0.15, -0.1) is 0 Å². The average Bonchev–Trinajstić information content (AvgIpc) is 3.36. The van der Waals surface area contributed by atoms with E-state index in [1.165, 1.54) is 12.1 Å². The first-order chi connectivity index (χ1) is 19.8. The second-order valence-corrected chi connectivity index (χ2v) is 10.6. The summed E-state index contributed by atoms with van der Waals surface area (Å²) in [6.07, 6.45) is 10.0. The fourth-order valence-electron chi connectivity index (χ4n) is 5.37. The van der Waals surface area contributed by atoms with E-state index in [9.17, 15) is 4.79 Å². The lowest BCUT2D eigenvalue weighted by Crippen LogP contribution is -2.61. The van der Waals surface area contributed by atoms with Crippen molar-refractivity contribution in [1.82, 2.24) is 34.6 Å². The predicted octanol–water partition coefficient (Wildman–Crippen LogP) is 4.27. The number of aromatic nitrogens is 6. The Hall–Kier alpha value is -4.87. The lowest BCUT2D eigenvalue weighted by atomic mass is 9.72. The van der Waals surface area contributed by atoms with Crippen molar-refractivity contribution >= 4 is 23.4 Å². The first-order valence-corrected chi connectivity index (χ1v) is 13.4. The number of carbonyl (C=O) groups is 1. The molecule has 4 aromatic rings. The lowest BCUT2D eigenvalue weighted by Gasteiger charge is -2.54. The number of rotatable bonds is 7. The van der Waals surface area contributed by atoms with Gasteiger partial charge in [-0.1, -0.05) is 12.6 Å². The molecule has 5 heterocycles. The minimum absolute atomic E-state index is 0.0225. The summed E-state index contributed by atoms with van der Waals surface area (Å²) in [5, 5.41) is 7.40. The highest BCUT2D eigenvalue weighted by Gasteiger charge is 2.46. The molecule has 1 amide bonds. The van der Waals surface area contributed by atoms with Crippen LogP contribution in [0.15, 0.2) is 61.7 Å². The number of benzene rings is 1. The first kappa shape index (κ1) is 26.4. The zero-order valence-corrected chi connectivity index (χ0v) is 22.9. The van der Waals surface area contributed by atoms with Crippen LogP contribution in [-0.2, 0) is 11.8 Å². The third-order valence-corrected chi connectivity index (χ3v) is 7.61. The zero-order valence-electron chi connectivity index (χ0n) is 22.9. The standard InChI is InChI=1S/C29H30FN9O2/c1-4-25(40)39-17-29(18-39)8-11-38(12-9-29)26-22(15-32-27(36-26)35-21-14-33-37(3)16-21)20-5-6-24(23(30)13-20)41-28-31-10-7-19(2)34-28/h4-7,10,13-16H,1,8-9,11-12,17-18H2,2-3H3,(H,32,35,36). The molecule has 1 N–H and O–H groups in total. The van der Waals surface area contributed by atoms with E-state index in [0.29, 0.717) is 22.9 Å². The maximum absolute atomic E-state index is 15.3. The van der Waals surface area contributed by atoms with E-state index < -0.39 is 5.82 Å². The van der Waals surface area contributed by atoms with Gasteiger partial charge in [0.25, 0.3) is 0 Å². The molecule has 2 aliphatic rings. The molecule has 1 spiro atoms. The number of aryl methyl sites for hydroxylation is 2. The number of ether oxygens (including phenoxy) is 1. The molecule has 1 aromatic carbocycles. The van der Waals surface area contributed by atoms with E-state index >= 15 is 4.39 Å². The molecule has 12 heteroatoms. The largest absolute Gasteiger partial charge is 0.421 e. The van der Waals surface area contributed by atoms with Gasteiger partial charge in [-0.3, -0.25) is 9.48 Å². The van der Waals surface area contributed by atoms with Gasteiger partial charge in [0, 0.05) is 68.5 Å². The number of hydrogen-bond donors (Lipinski definition) is 1. The van der Waals surface area contributed by atoms with E-state index in [-0.39, 0.29) is 23.1 Å². The number of halogens is 1. The third kappa shape index (κ3) is 5.45. The minimum Gasteiger partial charge on any atom is -0.421 e. The molecule has 210 valence electrons. The predicted molar refractivity (Wildman–Crippen MR) is 151 cm³/mol. The van der Waals surface area contributed by atoms with Crippen LogP contribution < -0.4 is 15.0 Å². The Kier molecular flexibility index (Phi) is 6.82. The summed E-state index contributed by atoms with van der Waals surface area (Å²) in [4.78, 5) is 33.7. The molecule has 0 radical (unpaired) electrons. The Morgan fingerprint density at radius 1 is 1.15 bits per heavy atom. The van der Waals surface area contributed by atoms with Gasteiger partial charge in [-0.2, -0.15) is 10.1 Å². The summed E-state index contributed by atoms with van der Waals surface area (Å²) < 4.78 is 22.5. The number of carbonyl (C=O) groups excluding carboxylic acids is 1. The lowest BCUT2D eigenvalue weighted by molar-refractivity contribution is -0.139. The number of likely N-dealkylation sites (tertiary alicyclic amines) is 1. The van der Waals surface area contributed by atoms with Crippen LogP contribution in [-0.4, -0.2) is 66.7 Å². The van der Waals surface area contributed by atoms with Gasteiger partial charge >= 0.3 is 6.01 Å². The van der Waals surface area contributed by atoms with Gasteiger partial charge in [0.15, 0.2) is 11.6 Å². The quantitative estimate of drug-likeness (QED) is 0.334. The fourth-order valence-corrected chi connectivity index (χ4v) is 5.37. The average molecular weight is 556 g/mol. The Morgan fingerprint density at radius 3 is 2.63 bits per heavy atom. The summed E-state index contributed by atoms with van der Waals surface area (Å²) in [6.45, 7) is 8.40. The smallest absolute Gasteiger partial charge is 0.322 e. The second-order valence-electron chi connectivity index (χ2n) is 10.6. The molecule has 2 aliphatic heterocycles. The van der Waals surface area contributed by atoms with Gasteiger partial charge in [-0.05, 0) is 49.6 Å². The molecule has 2 saturated heterocycles. The van der Waals surface area contributed by atoms with E-state index in [1.54, 1.807) is 41.5 Å². The molecule has 0 bridgehead atoms. The van der Waals surface area contributed by atoms with Crippen LogP contribution in [0.25, 0.3) is 11.1 Å². The maximum Gasteiger partial charge on any atom is 0.322 e.